The maximum atomic E-state index is 11.8. The highest BCUT2D eigenvalue weighted by Gasteiger charge is 2.41. The first-order valence-corrected chi connectivity index (χ1v) is 6.66. The highest BCUT2D eigenvalue weighted by Crippen LogP contribution is 2.37. The fourth-order valence-electron chi connectivity index (χ4n) is 2.19. The summed E-state index contributed by atoms with van der Waals surface area (Å²) in [6, 6.07) is 9.29. The quantitative estimate of drug-likeness (QED) is 0.858. The van der Waals surface area contributed by atoms with Gasteiger partial charge in [0.15, 0.2) is 0 Å². The summed E-state index contributed by atoms with van der Waals surface area (Å²) < 4.78 is 5.17. The molecule has 0 radical (unpaired) electrons. The molecule has 2 N–H and O–H groups in total. The Labute approximate surface area is 113 Å². The highest BCUT2D eigenvalue weighted by atomic mass is 16.5. The summed E-state index contributed by atoms with van der Waals surface area (Å²) in [7, 11) is 0. The predicted molar refractivity (Wildman–Crippen MR) is 72.6 cm³/mol. The van der Waals surface area contributed by atoms with Gasteiger partial charge in [-0.05, 0) is 38.2 Å². The molecule has 0 bridgehead atoms. The van der Waals surface area contributed by atoms with Crippen LogP contribution in [0.3, 0.4) is 0 Å². The SMILES string of the molecule is CC(C)(O)C(NC(=O)OCc1ccccc1)C1CC1. The molecule has 19 heavy (non-hydrogen) atoms. The highest BCUT2D eigenvalue weighted by molar-refractivity contribution is 5.68. The van der Waals surface area contributed by atoms with Gasteiger partial charge in [0.2, 0.25) is 0 Å². The summed E-state index contributed by atoms with van der Waals surface area (Å²) in [5.74, 6) is 0.365. The average Bonchev–Trinajstić information content (AvgIpc) is 3.17. The lowest BCUT2D eigenvalue weighted by Crippen LogP contribution is -2.50. The summed E-state index contributed by atoms with van der Waals surface area (Å²) in [4.78, 5) is 11.8. The van der Waals surface area contributed by atoms with Gasteiger partial charge in [-0.3, -0.25) is 0 Å². The number of rotatable bonds is 5. The van der Waals surface area contributed by atoms with Crippen molar-refractivity contribution in [3.8, 4) is 0 Å². The Morgan fingerprint density at radius 3 is 2.58 bits per heavy atom. The molecule has 1 aromatic carbocycles. The molecule has 0 aliphatic heterocycles. The number of nitrogens with one attached hydrogen (secondary N) is 1. The minimum atomic E-state index is -0.924. The van der Waals surface area contributed by atoms with Crippen LogP contribution in [-0.4, -0.2) is 22.8 Å². The number of amides is 1. The summed E-state index contributed by atoms with van der Waals surface area (Å²) in [6.45, 7) is 3.68. The average molecular weight is 263 g/mol. The molecule has 1 amide bonds. The summed E-state index contributed by atoms with van der Waals surface area (Å²) >= 11 is 0. The topological polar surface area (TPSA) is 58.6 Å². The number of ether oxygens (including phenoxy) is 1. The molecule has 1 unspecified atom stereocenters. The Balaban J connectivity index is 1.83. The van der Waals surface area contributed by atoms with Crippen LogP contribution in [0.2, 0.25) is 0 Å². The molecule has 1 aliphatic rings. The lowest BCUT2D eigenvalue weighted by molar-refractivity contribution is 0.0259. The van der Waals surface area contributed by atoms with Crippen LogP contribution in [0.4, 0.5) is 4.79 Å². The number of hydrogen-bond donors (Lipinski definition) is 2. The predicted octanol–water partition coefficient (Wildman–Crippen LogP) is 2.46. The number of carbonyl (C=O) groups is 1. The monoisotopic (exact) mass is 263 g/mol. The van der Waals surface area contributed by atoms with Crippen LogP contribution in [0, 0.1) is 5.92 Å². The van der Waals surface area contributed by atoms with Crippen LogP contribution in [-0.2, 0) is 11.3 Å². The van der Waals surface area contributed by atoms with Crippen LogP contribution >= 0.6 is 0 Å². The number of carbonyl (C=O) groups excluding carboxylic acids is 1. The Morgan fingerprint density at radius 2 is 2.05 bits per heavy atom. The van der Waals surface area contributed by atoms with E-state index < -0.39 is 11.7 Å². The van der Waals surface area contributed by atoms with Crippen molar-refractivity contribution in [2.75, 3.05) is 0 Å². The minimum Gasteiger partial charge on any atom is -0.445 e. The first kappa shape index (κ1) is 13.9. The maximum absolute atomic E-state index is 11.8. The molecule has 1 aromatic rings. The zero-order chi connectivity index (χ0) is 13.9. The summed E-state index contributed by atoms with van der Waals surface area (Å²) in [5.41, 5.74) is 0.0244. The third kappa shape index (κ3) is 4.24. The van der Waals surface area contributed by atoms with E-state index in [0.717, 1.165) is 18.4 Å². The van der Waals surface area contributed by atoms with Gasteiger partial charge in [0.1, 0.15) is 6.61 Å². The Kier molecular flexibility index (Phi) is 4.10. The van der Waals surface area contributed by atoms with Crippen molar-refractivity contribution in [1.29, 1.82) is 0 Å². The largest absolute Gasteiger partial charge is 0.445 e. The molecule has 4 heteroatoms. The van der Waals surface area contributed by atoms with Crippen LogP contribution in [0.5, 0.6) is 0 Å². The van der Waals surface area contributed by atoms with E-state index in [9.17, 15) is 9.90 Å². The maximum Gasteiger partial charge on any atom is 0.407 e. The van der Waals surface area contributed by atoms with Crippen molar-refractivity contribution >= 4 is 6.09 Å². The van der Waals surface area contributed by atoms with Gasteiger partial charge in [-0.2, -0.15) is 0 Å². The molecule has 1 aliphatic carbocycles. The fraction of sp³-hybridized carbons (Fsp3) is 0.533. The standard InChI is InChI=1S/C15H21NO3/c1-15(2,18)13(12-8-9-12)16-14(17)19-10-11-6-4-3-5-7-11/h3-7,12-13,18H,8-10H2,1-2H3,(H,16,17). The molecular formula is C15H21NO3. The van der Waals surface area contributed by atoms with Gasteiger partial charge in [-0.1, -0.05) is 30.3 Å². The second kappa shape index (κ2) is 5.61. The van der Waals surface area contributed by atoms with E-state index >= 15 is 0 Å². The van der Waals surface area contributed by atoms with Crippen molar-refractivity contribution in [3.05, 3.63) is 35.9 Å². The van der Waals surface area contributed by atoms with Gasteiger partial charge in [0, 0.05) is 0 Å². The van der Waals surface area contributed by atoms with Gasteiger partial charge in [0.05, 0.1) is 11.6 Å². The van der Waals surface area contributed by atoms with Crippen molar-refractivity contribution in [2.45, 2.75) is 44.9 Å². The first-order valence-electron chi connectivity index (χ1n) is 6.66. The molecule has 0 spiro atoms. The number of benzene rings is 1. The molecule has 0 saturated heterocycles. The van der Waals surface area contributed by atoms with E-state index in [0.29, 0.717) is 5.92 Å². The number of hydrogen-bond acceptors (Lipinski definition) is 3. The third-order valence-corrected chi connectivity index (χ3v) is 3.34. The first-order chi connectivity index (χ1) is 8.97. The zero-order valence-corrected chi connectivity index (χ0v) is 11.4. The van der Waals surface area contributed by atoms with Gasteiger partial charge in [-0.15, -0.1) is 0 Å². The number of aliphatic hydroxyl groups is 1. The van der Waals surface area contributed by atoms with Gasteiger partial charge < -0.3 is 15.2 Å². The van der Waals surface area contributed by atoms with E-state index in [-0.39, 0.29) is 12.6 Å². The second-order valence-electron chi connectivity index (χ2n) is 5.67. The zero-order valence-electron chi connectivity index (χ0n) is 11.4. The van der Waals surface area contributed by atoms with Crippen molar-refractivity contribution in [2.24, 2.45) is 5.92 Å². The van der Waals surface area contributed by atoms with Crippen LogP contribution in [0.25, 0.3) is 0 Å². The Hall–Kier alpha value is -1.55. The fourth-order valence-corrected chi connectivity index (χ4v) is 2.19. The lowest BCUT2D eigenvalue weighted by Gasteiger charge is -2.29. The van der Waals surface area contributed by atoms with Crippen molar-refractivity contribution < 1.29 is 14.6 Å². The molecule has 1 saturated carbocycles. The lowest BCUT2D eigenvalue weighted by atomic mass is 9.95. The molecule has 0 aromatic heterocycles. The van der Waals surface area contributed by atoms with E-state index in [1.165, 1.54) is 0 Å². The van der Waals surface area contributed by atoms with Crippen LogP contribution in [0.1, 0.15) is 32.3 Å². The third-order valence-electron chi connectivity index (χ3n) is 3.34. The Bertz CT molecular complexity index is 421. The van der Waals surface area contributed by atoms with Crippen LogP contribution in [0.15, 0.2) is 30.3 Å². The molecule has 1 atom stereocenters. The van der Waals surface area contributed by atoms with Gasteiger partial charge >= 0.3 is 6.09 Å². The molecular weight excluding hydrogens is 242 g/mol. The summed E-state index contributed by atoms with van der Waals surface area (Å²) in [5, 5.41) is 12.8. The van der Waals surface area contributed by atoms with Crippen molar-refractivity contribution in [1.82, 2.24) is 5.32 Å². The van der Waals surface area contributed by atoms with Gasteiger partial charge in [-0.25, -0.2) is 4.79 Å². The van der Waals surface area contributed by atoms with Gasteiger partial charge in [0.25, 0.3) is 0 Å². The van der Waals surface area contributed by atoms with E-state index in [1.54, 1.807) is 13.8 Å². The van der Waals surface area contributed by atoms with Crippen LogP contribution < -0.4 is 5.32 Å². The smallest absolute Gasteiger partial charge is 0.407 e. The number of alkyl carbamates (subject to hydrolysis) is 1. The Morgan fingerprint density at radius 1 is 1.42 bits per heavy atom. The minimum absolute atomic E-state index is 0.240. The molecule has 2 rings (SSSR count). The normalized spacial score (nSPS) is 16.8. The second-order valence-corrected chi connectivity index (χ2v) is 5.67. The van der Waals surface area contributed by atoms with E-state index in [4.69, 9.17) is 4.74 Å². The van der Waals surface area contributed by atoms with E-state index in [1.807, 2.05) is 30.3 Å². The molecule has 1 fully saturated rings. The molecule has 4 nitrogen and oxygen atoms in total. The summed E-state index contributed by atoms with van der Waals surface area (Å²) in [6.07, 6.45) is 1.63. The molecule has 104 valence electrons. The molecule has 0 heterocycles. The van der Waals surface area contributed by atoms with E-state index in [2.05, 4.69) is 5.32 Å². The van der Waals surface area contributed by atoms with Crippen molar-refractivity contribution in [3.63, 3.8) is 0 Å².